The highest BCUT2D eigenvalue weighted by molar-refractivity contribution is 6.63. The first-order chi connectivity index (χ1) is 10.0. The minimum atomic E-state index is -0.434. The monoisotopic (exact) mass is 305 g/mol. The summed E-state index contributed by atoms with van der Waals surface area (Å²) in [6.07, 6.45) is 0.524. The molecule has 0 aliphatic carbocycles. The van der Waals surface area contributed by atoms with Crippen LogP contribution in [0, 0.1) is 0 Å². The summed E-state index contributed by atoms with van der Waals surface area (Å²) in [4.78, 5) is 23.1. The Kier molecular flexibility index (Phi) is 4.81. The molecule has 1 aromatic heterocycles. The van der Waals surface area contributed by atoms with E-state index in [9.17, 15) is 9.59 Å². The van der Waals surface area contributed by atoms with Crippen molar-refractivity contribution in [3.05, 3.63) is 52.3 Å². The zero-order valence-corrected chi connectivity index (χ0v) is 12.7. The number of hydrogen-bond donors (Lipinski definition) is 0. The molecule has 0 unspecified atom stereocenters. The molecule has 0 atom stereocenters. The molecule has 21 heavy (non-hydrogen) atoms. The molecule has 4 nitrogen and oxygen atoms in total. The molecule has 0 saturated carbocycles. The van der Waals surface area contributed by atoms with E-state index in [0.29, 0.717) is 12.0 Å². The fraction of sp³-hybridized carbons (Fsp3) is 0.250. The van der Waals surface area contributed by atoms with Crippen LogP contribution in [0.3, 0.4) is 0 Å². The van der Waals surface area contributed by atoms with Crippen LogP contribution in [-0.4, -0.2) is 16.9 Å². The van der Waals surface area contributed by atoms with Crippen molar-refractivity contribution in [3.63, 3.8) is 0 Å². The largest absolute Gasteiger partial charge is 0.497 e. The molecule has 2 rings (SSSR count). The molecule has 110 valence electrons. The Morgan fingerprint density at radius 2 is 1.86 bits per heavy atom. The second-order valence-corrected chi connectivity index (χ2v) is 5.11. The van der Waals surface area contributed by atoms with E-state index in [1.54, 1.807) is 24.8 Å². The Bertz CT molecular complexity index is 704. The first-order valence-electron chi connectivity index (χ1n) is 6.54. The van der Waals surface area contributed by atoms with E-state index in [-0.39, 0.29) is 12.0 Å². The van der Waals surface area contributed by atoms with Gasteiger partial charge in [-0.25, -0.2) is 0 Å². The van der Waals surface area contributed by atoms with Gasteiger partial charge in [-0.15, -0.1) is 0 Å². The number of pyridine rings is 1. The predicted molar refractivity (Wildman–Crippen MR) is 82.9 cm³/mol. The molecule has 0 aliphatic rings. The average Bonchev–Trinajstić information content (AvgIpc) is 2.49. The molecule has 0 radical (unpaired) electrons. The minimum absolute atomic E-state index is 0.110. The summed E-state index contributed by atoms with van der Waals surface area (Å²) < 4.78 is 6.70. The van der Waals surface area contributed by atoms with Crippen molar-refractivity contribution in [1.82, 2.24) is 4.57 Å². The number of ether oxygens (including phenoxy) is 1. The molecule has 0 aliphatic heterocycles. The van der Waals surface area contributed by atoms with Gasteiger partial charge in [0.2, 0.25) is 5.24 Å². The quantitative estimate of drug-likeness (QED) is 0.798. The van der Waals surface area contributed by atoms with Gasteiger partial charge in [0.1, 0.15) is 5.75 Å². The number of rotatable bonds is 5. The van der Waals surface area contributed by atoms with E-state index < -0.39 is 5.24 Å². The molecule has 0 N–H and O–H groups in total. The Balaban J connectivity index is 2.35. The van der Waals surface area contributed by atoms with E-state index in [1.807, 2.05) is 30.3 Å². The molecule has 0 saturated heterocycles. The Hall–Kier alpha value is -2.07. The van der Waals surface area contributed by atoms with Gasteiger partial charge in [0, 0.05) is 19.0 Å². The van der Waals surface area contributed by atoms with Crippen molar-refractivity contribution in [2.75, 3.05) is 7.11 Å². The topological polar surface area (TPSA) is 48.3 Å². The van der Waals surface area contributed by atoms with Gasteiger partial charge in [-0.3, -0.25) is 9.59 Å². The van der Waals surface area contributed by atoms with Crippen molar-refractivity contribution >= 4 is 16.8 Å². The standard InChI is InChI=1S/C16H16ClNO3/c1-18-14(11-3-7-13(21-2)8-4-11)9-5-12(16(18)20)6-10-15(17)19/h3-5,7-9H,6,10H2,1-2H3. The third-order valence-electron chi connectivity index (χ3n) is 3.36. The zero-order valence-electron chi connectivity index (χ0n) is 11.9. The maximum absolute atomic E-state index is 12.3. The highest BCUT2D eigenvalue weighted by Crippen LogP contribution is 2.21. The predicted octanol–water partition coefficient (Wildman–Crippen LogP) is 2.76. The van der Waals surface area contributed by atoms with Crippen LogP contribution in [0.4, 0.5) is 0 Å². The molecule has 0 spiro atoms. The van der Waals surface area contributed by atoms with Crippen molar-refractivity contribution in [2.45, 2.75) is 12.8 Å². The van der Waals surface area contributed by atoms with Crippen molar-refractivity contribution in [3.8, 4) is 17.0 Å². The first-order valence-corrected chi connectivity index (χ1v) is 6.92. The molecule has 1 heterocycles. The summed E-state index contributed by atoms with van der Waals surface area (Å²) in [5, 5.41) is -0.434. The Morgan fingerprint density at radius 3 is 2.43 bits per heavy atom. The van der Waals surface area contributed by atoms with Crippen LogP contribution in [0.5, 0.6) is 5.75 Å². The number of carbonyl (C=O) groups is 1. The van der Waals surface area contributed by atoms with Gasteiger partial charge in [0.25, 0.3) is 5.56 Å². The summed E-state index contributed by atoms with van der Waals surface area (Å²) >= 11 is 5.32. The molecule has 0 fully saturated rings. The van der Waals surface area contributed by atoms with Crippen LogP contribution >= 0.6 is 11.6 Å². The van der Waals surface area contributed by atoms with Gasteiger partial charge in [-0.2, -0.15) is 0 Å². The van der Waals surface area contributed by atoms with E-state index in [1.165, 1.54) is 0 Å². The maximum Gasteiger partial charge on any atom is 0.253 e. The lowest BCUT2D eigenvalue weighted by molar-refractivity contribution is -0.111. The number of carbonyl (C=O) groups excluding carboxylic acids is 1. The minimum Gasteiger partial charge on any atom is -0.497 e. The van der Waals surface area contributed by atoms with Gasteiger partial charge in [0.15, 0.2) is 0 Å². The van der Waals surface area contributed by atoms with E-state index in [2.05, 4.69) is 0 Å². The van der Waals surface area contributed by atoms with Crippen LogP contribution in [0.1, 0.15) is 12.0 Å². The summed E-state index contributed by atoms with van der Waals surface area (Å²) in [6.45, 7) is 0. The van der Waals surface area contributed by atoms with Crippen molar-refractivity contribution < 1.29 is 9.53 Å². The van der Waals surface area contributed by atoms with E-state index >= 15 is 0 Å². The summed E-state index contributed by atoms with van der Waals surface area (Å²) in [5.41, 5.74) is 2.21. The average molecular weight is 306 g/mol. The third-order valence-corrected chi connectivity index (χ3v) is 3.55. The van der Waals surface area contributed by atoms with Crippen LogP contribution in [0.2, 0.25) is 0 Å². The van der Waals surface area contributed by atoms with Gasteiger partial charge < -0.3 is 9.30 Å². The number of aromatic nitrogens is 1. The van der Waals surface area contributed by atoms with Crippen LogP contribution in [0.25, 0.3) is 11.3 Å². The number of aryl methyl sites for hydroxylation is 1. The Labute approximate surface area is 127 Å². The first kappa shape index (κ1) is 15.3. The van der Waals surface area contributed by atoms with Crippen LogP contribution < -0.4 is 10.3 Å². The lowest BCUT2D eigenvalue weighted by Gasteiger charge is -2.11. The molecule has 1 aromatic carbocycles. The second-order valence-electron chi connectivity index (χ2n) is 4.69. The van der Waals surface area contributed by atoms with Crippen LogP contribution in [-0.2, 0) is 18.3 Å². The highest BCUT2D eigenvalue weighted by Gasteiger charge is 2.09. The number of halogens is 1. The molecule has 5 heteroatoms. The van der Waals surface area contributed by atoms with E-state index in [0.717, 1.165) is 17.0 Å². The third kappa shape index (κ3) is 3.52. The summed E-state index contributed by atoms with van der Waals surface area (Å²) in [5.74, 6) is 0.765. The van der Waals surface area contributed by atoms with Gasteiger partial charge in [0.05, 0.1) is 12.8 Å². The molecule has 0 amide bonds. The van der Waals surface area contributed by atoms with Gasteiger partial charge >= 0.3 is 0 Å². The van der Waals surface area contributed by atoms with Crippen molar-refractivity contribution in [1.29, 1.82) is 0 Å². The molecular formula is C16H16ClNO3. The smallest absolute Gasteiger partial charge is 0.253 e. The van der Waals surface area contributed by atoms with Crippen LogP contribution in [0.15, 0.2) is 41.2 Å². The number of methoxy groups -OCH3 is 1. The molecular weight excluding hydrogens is 290 g/mol. The summed E-state index contributed by atoms with van der Waals surface area (Å²) in [7, 11) is 3.33. The van der Waals surface area contributed by atoms with Gasteiger partial charge in [-0.1, -0.05) is 6.07 Å². The normalized spacial score (nSPS) is 10.4. The highest BCUT2D eigenvalue weighted by atomic mass is 35.5. The number of hydrogen-bond acceptors (Lipinski definition) is 3. The Morgan fingerprint density at radius 1 is 1.19 bits per heavy atom. The number of benzene rings is 1. The molecule has 2 aromatic rings. The second kappa shape index (κ2) is 6.59. The lowest BCUT2D eigenvalue weighted by atomic mass is 10.1. The fourth-order valence-electron chi connectivity index (χ4n) is 2.16. The SMILES string of the molecule is COc1ccc(-c2ccc(CCC(=O)Cl)c(=O)n2C)cc1. The van der Waals surface area contributed by atoms with Crippen molar-refractivity contribution in [2.24, 2.45) is 7.05 Å². The van der Waals surface area contributed by atoms with E-state index in [4.69, 9.17) is 16.3 Å². The fourth-order valence-corrected chi connectivity index (χ4v) is 2.26. The summed E-state index contributed by atoms with van der Waals surface area (Å²) in [6, 6.07) is 11.1. The maximum atomic E-state index is 12.3. The molecule has 0 bridgehead atoms. The number of nitrogens with zero attached hydrogens (tertiary/aromatic N) is 1. The lowest BCUT2D eigenvalue weighted by Crippen LogP contribution is -2.22. The zero-order chi connectivity index (χ0) is 15.4. The van der Waals surface area contributed by atoms with Gasteiger partial charge in [-0.05, 0) is 53.9 Å².